The van der Waals surface area contributed by atoms with E-state index in [1.54, 1.807) is 0 Å². The van der Waals surface area contributed by atoms with Gasteiger partial charge in [0, 0.05) is 43.6 Å². The summed E-state index contributed by atoms with van der Waals surface area (Å²) in [6.07, 6.45) is 27.2. The van der Waals surface area contributed by atoms with Crippen LogP contribution in [0, 0.1) is 11.8 Å². The van der Waals surface area contributed by atoms with Crippen LogP contribution >= 0.6 is 0 Å². The summed E-state index contributed by atoms with van der Waals surface area (Å²) in [5.41, 5.74) is 1.74. The first kappa shape index (κ1) is 22.6. The third-order valence-electron chi connectivity index (χ3n) is 7.21. The standard InChI is InChI=1S/C27H37N3O2/c31-26(24-13-14-25-12-5-2-8-18-30(25)21-24)28-17-7-6-9-22-15-19-29(20-16-22)27(32)23-10-3-1-4-11-23/h2,5,8,12-14,18,21-23H,1,3-4,6-7,9-11,15-17,19-20H2,(H,28,31). The first-order valence-electron chi connectivity index (χ1n) is 12.5. The second-order valence-corrected chi connectivity index (χ2v) is 9.50. The zero-order valence-electron chi connectivity index (χ0n) is 19.2. The molecule has 0 spiro atoms. The van der Waals surface area contributed by atoms with Gasteiger partial charge in [0.25, 0.3) is 5.91 Å². The van der Waals surface area contributed by atoms with E-state index in [2.05, 4.69) is 10.2 Å². The molecule has 0 aromatic heterocycles. The summed E-state index contributed by atoms with van der Waals surface area (Å²) in [6.45, 7) is 2.59. The zero-order chi connectivity index (χ0) is 22.2. The van der Waals surface area contributed by atoms with Crippen LogP contribution in [0.25, 0.3) is 0 Å². The van der Waals surface area contributed by atoms with Gasteiger partial charge in [-0.15, -0.1) is 0 Å². The van der Waals surface area contributed by atoms with E-state index in [9.17, 15) is 9.59 Å². The lowest BCUT2D eigenvalue weighted by atomic mass is 9.86. The molecule has 1 N–H and O–H groups in total. The Morgan fingerprint density at radius 1 is 0.938 bits per heavy atom. The Balaban J connectivity index is 1.10. The second-order valence-electron chi connectivity index (χ2n) is 9.50. The number of likely N-dealkylation sites (tertiary alicyclic amines) is 1. The highest BCUT2D eigenvalue weighted by Gasteiger charge is 2.28. The van der Waals surface area contributed by atoms with Crippen LogP contribution in [0.5, 0.6) is 0 Å². The molecule has 0 radical (unpaired) electrons. The van der Waals surface area contributed by atoms with E-state index in [1.807, 2.05) is 53.8 Å². The van der Waals surface area contributed by atoms with Gasteiger partial charge in [0.1, 0.15) is 0 Å². The first-order valence-corrected chi connectivity index (χ1v) is 12.5. The van der Waals surface area contributed by atoms with Crippen LogP contribution in [-0.4, -0.2) is 41.2 Å². The van der Waals surface area contributed by atoms with Gasteiger partial charge in [-0.25, -0.2) is 0 Å². The van der Waals surface area contributed by atoms with E-state index in [0.717, 1.165) is 63.2 Å². The molecule has 4 aliphatic rings. The van der Waals surface area contributed by atoms with E-state index < -0.39 is 0 Å². The summed E-state index contributed by atoms with van der Waals surface area (Å²) in [6, 6.07) is 0. The number of hydrogen-bond donors (Lipinski definition) is 1. The lowest BCUT2D eigenvalue weighted by molar-refractivity contribution is -0.138. The molecule has 0 aromatic rings. The number of piperidine rings is 1. The normalized spacial score (nSPS) is 21.6. The SMILES string of the molecule is O=C(NCCCCC1CCN(C(=O)C2CCCCC2)CC1)C1=CN2C=CC=CC=C2C=C1. The van der Waals surface area contributed by atoms with E-state index in [-0.39, 0.29) is 5.91 Å². The van der Waals surface area contributed by atoms with Crippen LogP contribution in [0.4, 0.5) is 0 Å². The maximum Gasteiger partial charge on any atom is 0.252 e. The molecule has 1 saturated carbocycles. The van der Waals surface area contributed by atoms with Crippen molar-refractivity contribution in [3.63, 3.8) is 0 Å². The number of unbranched alkanes of at least 4 members (excludes halogenated alkanes) is 1. The molecule has 2 amide bonds. The minimum absolute atomic E-state index is 0.0135. The number of carbonyl (C=O) groups excluding carboxylic acids is 2. The number of rotatable bonds is 7. The fraction of sp³-hybridized carbons (Fsp3) is 0.556. The number of nitrogens with zero attached hydrogens (tertiary/aromatic N) is 2. The van der Waals surface area contributed by atoms with Gasteiger partial charge in [-0.05, 0) is 62.3 Å². The first-order chi connectivity index (χ1) is 15.7. The summed E-state index contributed by atoms with van der Waals surface area (Å²) >= 11 is 0. The van der Waals surface area contributed by atoms with Gasteiger partial charge >= 0.3 is 0 Å². The third kappa shape index (κ3) is 6.02. The molecule has 3 heterocycles. The van der Waals surface area contributed by atoms with Gasteiger partial charge < -0.3 is 15.1 Å². The molecule has 2 fully saturated rings. The lowest BCUT2D eigenvalue weighted by Crippen LogP contribution is -2.42. The molecule has 1 aliphatic carbocycles. The van der Waals surface area contributed by atoms with Crippen LogP contribution in [0.3, 0.4) is 0 Å². The van der Waals surface area contributed by atoms with Gasteiger partial charge in [0.15, 0.2) is 0 Å². The highest BCUT2D eigenvalue weighted by molar-refractivity contribution is 5.96. The van der Waals surface area contributed by atoms with Crippen molar-refractivity contribution < 1.29 is 9.59 Å². The lowest BCUT2D eigenvalue weighted by Gasteiger charge is -2.35. The highest BCUT2D eigenvalue weighted by atomic mass is 16.2. The van der Waals surface area contributed by atoms with Gasteiger partial charge in [0.2, 0.25) is 5.91 Å². The molecular formula is C27H37N3O2. The number of nitrogens with one attached hydrogen (secondary N) is 1. The Morgan fingerprint density at radius 3 is 2.56 bits per heavy atom. The Kier molecular flexibility index (Phi) is 8.02. The second kappa shape index (κ2) is 11.3. The molecule has 0 bridgehead atoms. The number of fused-ring (bicyclic) bond motifs is 1. The van der Waals surface area contributed by atoms with E-state index >= 15 is 0 Å². The molecule has 1 saturated heterocycles. The smallest absolute Gasteiger partial charge is 0.252 e. The largest absolute Gasteiger partial charge is 0.352 e. The van der Waals surface area contributed by atoms with Crippen molar-refractivity contribution in [2.24, 2.45) is 11.8 Å². The van der Waals surface area contributed by atoms with Crippen molar-refractivity contribution in [2.75, 3.05) is 19.6 Å². The van der Waals surface area contributed by atoms with Crippen molar-refractivity contribution in [1.82, 2.24) is 15.1 Å². The van der Waals surface area contributed by atoms with Crippen molar-refractivity contribution in [3.8, 4) is 0 Å². The minimum Gasteiger partial charge on any atom is -0.352 e. The number of allylic oxidation sites excluding steroid dienone is 5. The molecule has 172 valence electrons. The van der Waals surface area contributed by atoms with Gasteiger partial charge in [-0.2, -0.15) is 0 Å². The summed E-state index contributed by atoms with van der Waals surface area (Å²) < 4.78 is 0. The molecule has 5 nitrogen and oxygen atoms in total. The number of amides is 2. The van der Waals surface area contributed by atoms with E-state index in [1.165, 1.54) is 25.7 Å². The van der Waals surface area contributed by atoms with Crippen molar-refractivity contribution in [3.05, 3.63) is 60.1 Å². The quantitative estimate of drug-likeness (QED) is 0.584. The summed E-state index contributed by atoms with van der Waals surface area (Å²) in [4.78, 5) is 29.3. The Bertz CT molecular complexity index is 822. The fourth-order valence-corrected chi connectivity index (χ4v) is 5.21. The summed E-state index contributed by atoms with van der Waals surface area (Å²) in [5, 5.41) is 3.06. The molecular weight excluding hydrogens is 398 g/mol. The molecule has 32 heavy (non-hydrogen) atoms. The predicted octanol–water partition coefficient (Wildman–Crippen LogP) is 4.81. The van der Waals surface area contributed by atoms with Crippen LogP contribution in [0.1, 0.15) is 64.2 Å². The predicted molar refractivity (Wildman–Crippen MR) is 128 cm³/mol. The molecule has 5 heteroatoms. The Hall–Kier alpha value is -2.56. The summed E-state index contributed by atoms with van der Waals surface area (Å²) in [7, 11) is 0. The van der Waals surface area contributed by atoms with Crippen LogP contribution in [0.15, 0.2) is 60.1 Å². The average molecular weight is 436 g/mol. The summed E-state index contributed by atoms with van der Waals surface area (Å²) in [5.74, 6) is 1.43. The van der Waals surface area contributed by atoms with Gasteiger partial charge in [0.05, 0.1) is 5.57 Å². The molecule has 3 aliphatic heterocycles. The minimum atomic E-state index is -0.0135. The molecule has 0 atom stereocenters. The van der Waals surface area contributed by atoms with Crippen LogP contribution in [-0.2, 0) is 9.59 Å². The van der Waals surface area contributed by atoms with Gasteiger partial charge in [-0.1, -0.05) is 44.3 Å². The van der Waals surface area contributed by atoms with Crippen LogP contribution < -0.4 is 5.32 Å². The molecule has 0 unspecified atom stereocenters. The Labute approximate surface area is 192 Å². The number of carbonyl (C=O) groups is 2. The Morgan fingerprint density at radius 2 is 1.75 bits per heavy atom. The maximum absolute atomic E-state index is 12.7. The fourth-order valence-electron chi connectivity index (χ4n) is 5.21. The number of hydrogen-bond acceptors (Lipinski definition) is 3. The van der Waals surface area contributed by atoms with E-state index in [0.29, 0.717) is 23.9 Å². The van der Waals surface area contributed by atoms with E-state index in [4.69, 9.17) is 0 Å². The highest BCUT2D eigenvalue weighted by Crippen LogP contribution is 2.29. The van der Waals surface area contributed by atoms with Gasteiger partial charge in [-0.3, -0.25) is 9.59 Å². The molecule has 0 aromatic carbocycles. The topological polar surface area (TPSA) is 52.7 Å². The van der Waals surface area contributed by atoms with Crippen molar-refractivity contribution in [1.29, 1.82) is 0 Å². The zero-order valence-corrected chi connectivity index (χ0v) is 19.2. The monoisotopic (exact) mass is 435 g/mol. The van der Waals surface area contributed by atoms with Crippen molar-refractivity contribution in [2.45, 2.75) is 64.2 Å². The molecule has 4 rings (SSSR count). The van der Waals surface area contributed by atoms with Crippen LogP contribution in [0.2, 0.25) is 0 Å². The average Bonchev–Trinajstić information content (AvgIpc) is 3.09. The van der Waals surface area contributed by atoms with Crippen molar-refractivity contribution >= 4 is 11.8 Å². The third-order valence-corrected chi connectivity index (χ3v) is 7.21. The maximum atomic E-state index is 12.7.